The maximum atomic E-state index is 12.1. The Bertz CT molecular complexity index is 979. The van der Waals surface area contributed by atoms with Crippen molar-refractivity contribution < 1.29 is 14.3 Å². The van der Waals surface area contributed by atoms with E-state index in [0.29, 0.717) is 23.3 Å². The average Bonchev–Trinajstić information content (AvgIpc) is 2.61. The van der Waals surface area contributed by atoms with Gasteiger partial charge in [0.2, 0.25) is 5.91 Å². The highest BCUT2D eigenvalue weighted by molar-refractivity contribution is 7.98. The lowest BCUT2D eigenvalue weighted by atomic mass is 10.2. The van der Waals surface area contributed by atoms with Crippen molar-refractivity contribution in [2.45, 2.75) is 30.4 Å². The van der Waals surface area contributed by atoms with E-state index >= 15 is 0 Å². The van der Waals surface area contributed by atoms with Crippen molar-refractivity contribution in [3.63, 3.8) is 0 Å². The van der Waals surface area contributed by atoms with Gasteiger partial charge in [0, 0.05) is 39.8 Å². The third kappa shape index (κ3) is 4.46. The minimum absolute atomic E-state index is 0.00714. The van der Waals surface area contributed by atoms with Crippen molar-refractivity contribution in [1.29, 1.82) is 0 Å². The number of nitrogens with one attached hydrogen (secondary N) is 1. The number of hydrogen-bond donors (Lipinski definition) is 2. The fraction of sp³-hybridized carbons (Fsp3) is 0.200. The zero-order valence-corrected chi connectivity index (χ0v) is 15.1. The van der Waals surface area contributed by atoms with Crippen LogP contribution in [0.2, 0.25) is 0 Å². The molecule has 2 aromatic carbocycles. The van der Waals surface area contributed by atoms with Crippen molar-refractivity contribution >= 4 is 34.3 Å². The Labute approximate surface area is 155 Å². The van der Waals surface area contributed by atoms with Crippen LogP contribution in [0.4, 0.5) is 5.69 Å². The number of benzene rings is 2. The van der Waals surface area contributed by atoms with Crippen LogP contribution in [0.15, 0.2) is 62.6 Å². The molecule has 0 saturated carbocycles. The molecule has 3 rings (SSSR count). The summed E-state index contributed by atoms with van der Waals surface area (Å²) in [5.74, 6) is 0.544. The van der Waals surface area contributed by atoms with Crippen LogP contribution < -0.4 is 10.9 Å². The van der Waals surface area contributed by atoms with E-state index in [1.165, 1.54) is 17.8 Å². The lowest BCUT2D eigenvalue weighted by Gasteiger charge is -2.06. The minimum Gasteiger partial charge on any atom is -0.508 e. The monoisotopic (exact) mass is 369 g/mol. The highest BCUT2D eigenvalue weighted by Crippen LogP contribution is 2.25. The van der Waals surface area contributed by atoms with E-state index in [0.717, 1.165) is 22.4 Å². The quantitative estimate of drug-likeness (QED) is 0.493. The number of thioether (sulfide) groups is 1. The van der Waals surface area contributed by atoms with E-state index in [2.05, 4.69) is 5.32 Å². The minimum atomic E-state index is -0.404. The molecular formula is C20H19NO4S. The second-order valence-electron chi connectivity index (χ2n) is 5.89. The highest BCUT2D eigenvalue weighted by atomic mass is 32.2. The van der Waals surface area contributed by atoms with Crippen LogP contribution in [-0.2, 0) is 10.5 Å². The maximum absolute atomic E-state index is 12.1. The molecular weight excluding hydrogens is 350 g/mol. The fourth-order valence-corrected chi connectivity index (χ4v) is 3.34. The van der Waals surface area contributed by atoms with Crippen LogP contribution in [-0.4, -0.2) is 11.0 Å². The third-order valence-electron chi connectivity index (χ3n) is 3.80. The van der Waals surface area contributed by atoms with Gasteiger partial charge in [-0.3, -0.25) is 4.79 Å². The summed E-state index contributed by atoms with van der Waals surface area (Å²) in [5, 5.41) is 13.1. The Balaban J connectivity index is 1.68. The Morgan fingerprint density at radius 2 is 1.92 bits per heavy atom. The lowest BCUT2D eigenvalue weighted by Crippen LogP contribution is -2.10. The molecule has 0 unspecified atom stereocenters. The molecule has 0 atom stereocenters. The normalized spacial score (nSPS) is 10.8. The number of carbonyl (C=O) groups is 1. The van der Waals surface area contributed by atoms with Crippen molar-refractivity contribution in [1.82, 2.24) is 0 Å². The fourth-order valence-electron chi connectivity index (χ4n) is 2.49. The van der Waals surface area contributed by atoms with Crippen LogP contribution in [0, 0.1) is 0 Å². The van der Waals surface area contributed by atoms with E-state index in [9.17, 15) is 14.7 Å². The van der Waals surface area contributed by atoms with E-state index in [1.54, 1.807) is 18.2 Å². The van der Waals surface area contributed by atoms with Crippen molar-refractivity contribution in [2.75, 3.05) is 5.32 Å². The van der Waals surface area contributed by atoms with Gasteiger partial charge < -0.3 is 14.8 Å². The largest absolute Gasteiger partial charge is 0.508 e. The Kier molecular flexibility index (Phi) is 5.63. The maximum Gasteiger partial charge on any atom is 0.340 e. The molecule has 1 amide bonds. The van der Waals surface area contributed by atoms with Gasteiger partial charge in [-0.15, -0.1) is 11.8 Å². The van der Waals surface area contributed by atoms with Crippen LogP contribution in [0.1, 0.15) is 25.3 Å². The molecule has 1 aromatic heterocycles. The first-order chi connectivity index (χ1) is 12.5. The number of rotatable bonds is 6. The van der Waals surface area contributed by atoms with E-state index in [1.807, 2.05) is 31.2 Å². The van der Waals surface area contributed by atoms with Gasteiger partial charge in [-0.25, -0.2) is 4.79 Å². The predicted molar refractivity (Wildman–Crippen MR) is 104 cm³/mol. The molecule has 2 N–H and O–H groups in total. The number of amides is 1. The van der Waals surface area contributed by atoms with Crippen molar-refractivity contribution in [2.24, 2.45) is 0 Å². The third-order valence-corrected chi connectivity index (χ3v) is 4.86. The van der Waals surface area contributed by atoms with Crippen molar-refractivity contribution in [3.8, 4) is 5.75 Å². The van der Waals surface area contributed by atoms with Crippen LogP contribution in [0.25, 0.3) is 11.0 Å². The Morgan fingerprint density at radius 1 is 1.15 bits per heavy atom. The summed E-state index contributed by atoms with van der Waals surface area (Å²) in [4.78, 5) is 24.7. The number of phenolic OH excluding ortho intramolecular Hbond substituents is 1. The Hall–Kier alpha value is -2.73. The standard InChI is InChI=1S/C20H19NO4S/c1-2-3-19(23)21-15-5-8-17(9-6-15)26-12-14-10-13-4-7-16(22)11-18(13)25-20(14)24/h4-11,22H,2-3,12H2,1H3,(H,21,23). The summed E-state index contributed by atoms with van der Waals surface area (Å²) in [6.45, 7) is 1.96. The zero-order chi connectivity index (χ0) is 18.5. The summed E-state index contributed by atoms with van der Waals surface area (Å²) in [6, 6.07) is 14.0. The molecule has 26 heavy (non-hydrogen) atoms. The van der Waals surface area contributed by atoms with E-state index < -0.39 is 5.63 Å². The average molecular weight is 369 g/mol. The first-order valence-electron chi connectivity index (χ1n) is 8.33. The lowest BCUT2D eigenvalue weighted by molar-refractivity contribution is -0.116. The summed E-state index contributed by atoms with van der Waals surface area (Å²) < 4.78 is 5.27. The molecule has 3 aromatic rings. The number of carbonyl (C=O) groups excluding carboxylic acids is 1. The molecule has 0 aliphatic heterocycles. The van der Waals surface area contributed by atoms with Crippen LogP contribution in [0.5, 0.6) is 5.75 Å². The first kappa shape index (κ1) is 18.1. The number of hydrogen-bond acceptors (Lipinski definition) is 5. The molecule has 0 aliphatic rings. The Morgan fingerprint density at radius 3 is 2.65 bits per heavy atom. The molecule has 0 saturated heterocycles. The molecule has 1 heterocycles. The zero-order valence-electron chi connectivity index (χ0n) is 14.3. The van der Waals surface area contributed by atoms with Gasteiger partial charge in [-0.2, -0.15) is 0 Å². The molecule has 0 fully saturated rings. The molecule has 5 nitrogen and oxygen atoms in total. The number of anilines is 1. The van der Waals surface area contributed by atoms with Gasteiger partial charge in [-0.05, 0) is 48.9 Å². The van der Waals surface area contributed by atoms with Gasteiger partial charge in [0.15, 0.2) is 0 Å². The van der Waals surface area contributed by atoms with Crippen molar-refractivity contribution in [3.05, 3.63) is 64.5 Å². The molecule has 0 radical (unpaired) electrons. The summed E-state index contributed by atoms with van der Waals surface area (Å²) >= 11 is 1.52. The number of fused-ring (bicyclic) bond motifs is 1. The smallest absolute Gasteiger partial charge is 0.340 e. The van der Waals surface area contributed by atoms with Gasteiger partial charge in [0.1, 0.15) is 11.3 Å². The number of phenols is 1. The molecule has 134 valence electrons. The molecule has 0 spiro atoms. The van der Waals surface area contributed by atoms with Gasteiger partial charge in [-0.1, -0.05) is 6.92 Å². The SMILES string of the molecule is CCCC(=O)Nc1ccc(SCc2cc3ccc(O)cc3oc2=O)cc1. The van der Waals surface area contributed by atoms with Gasteiger partial charge in [0.05, 0.1) is 0 Å². The predicted octanol–water partition coefficient (Wildman–Crippen LogP) is 4.53. The number of aromatic hydroxyl groups is 1. The highest BCUT2D eigenvalue weighted by Gasteiger charge is 2.07. The summed E-state index contributed by atoms with van der Waals surface area (Å²) in [5.41, 5.74) is 1.29. The van der Waals surface area contributed by atoms with Crippen LogP contribution >= 0.6 is 11.8 Å². The second kappa shape index (κ2) is 8.10. The van der Waals surface area contributed by atoms with Gasteiger partial charge >= 0.3 is 5.63 Å². The van der Waals surface area contributed by atoms with Crippen LogP contribution in [0.3, 0.4) is 0 Å². The topological polar surface area (TPSA) is 79.5 Å². The first-order valence-corrected chi connectivity index (χ1v) is 9.32. The van der Waals surface area contributed by atoms with Gasteiger partial charge in [0.25, 0.3) is 0 Å². The molecule has 0 aliphatic carbocycles. The van der Waals surface area contributed by atoms with E-state index in [4.69, 9.17) is 4.42 Å². The molecule has 6 heteroatoms. The molecule has 0 bridgehead atoms. The second-order valence-corrected chi connectivity index (χ2v) is 6.94. The summed E-state index contributed by atoms with van der Waals surface area (Å²) in [7, 11) is 0. The summed E-state index contributed by atoms with van der Waals surface area (Å²) in [6.07, 6.45) is 1.32. The van der Waals surface area contributed by atoms with E-state index in [-0.39, 0.29) is 11.7 Å².